The molecule has 0 spiro atoms. The number of carbonyl (C=O) groups is 3. The highest BCUT2D eigenvalue weighted by Crippen LogP contribution is 2.35. The SMILES string of the molecule is COc1ccc(CC(=O)N2CN(c3ccc(N4CCCCC4=O)cc3)C(=O)c3cc(OC)ccc32)c(OC)c1. The molecule has 0 radical (unpaired) electrons. The van der Waals surface area contributed by atoms with Crippen LogP contribution in [0.3, 0.4) is 0 Å². The molecular formula is C30H31N3O6. The van der Waals surface area contributed by atoms with Crippen LogP contribution in [-0.4, -0.2) is 52.3 Å². The summed E-state index contributed by atoms with van der Waals surface area (Å²) >= 11 is 0. The van der Waals surface area contributed by atoms with Gasteiger partial charge in [-0.25, -0.2) is 0 Å². The minimum absolute atomic E-state index is 0.0391. The summed E-state index contributed by atoms with van der Waals surface area (Å²) in [5.74, 6) is 1.37. The zero-order chi connectivity index (χ0) is 27.5. The topological polar surface area (TPSA) is 88.6 Å². The highest BCUT2D eigenvalue weighted by Gasteiger charge is 2.34. The van der Waals surface area contributed by atoms with Crippen LogP contribution in [0.15, 0.2) is 60.7 Å². The molecule has 2 aliphatic heterocycles. The summed E-state index contributed by atoms with van der Waals surface area (Å²) in [4.78, 5) is 44.7. The van der Waals surface area contributed by atoms with E-state index >= 15 is 0 Å². The van der Waals surface area contributed by atoms with Gasteiger partial charge in [0.25, 0.3) is 5.91 Å². The van der Waals surface area contributed by atoms with Gasteiger partial charge in [0.2, 0.25) is 11.8 Å². The van der Waals surface area contributed by atoms with Gasteiger partial charge in [0, 0.05) is 36.0 Å². The Bertz CT molecular complexity index is 1400. The average molecular weight is 530 g/mol. The van der Waals surface area contributed by atoms with Gasteiger partial charge in [-0.15, -0.1) is 0 Å². The van der Waals surface area contributed by atoms with E-state index in [4.69, 9.17) is 14.2 Å². The predicted molar refractivity (Wildman–Crippen MR) is 148 cm³/mol. The van der Waals surface area contributed by atoms with Gasteiger partial charge in [-0.3, -0.25) is 24.2 Å². The number of benzene rings is 3. The van der Waals surface area contributed by atoms with Gasteiger partial charge in [0.15, 0.2) is 0 Å². The minimum atomic E-state index is -0.239. The number of hydrogen-bond donors (Lipinski definition) is 0. The van der Waals surface area contributed by atoms with Gasteiger partial charge in [-0.05, 0) is 61.4 Å². The van der Waals surface area contributed by atoms with E-state index in [0.29, 0.717) is 52.7 Å². The number of ether oxygens (including phenoxy) is 3. The summed E-state index contributed by atoms with van der Waals surface area (Å²) < 4.78 is 16.1. The number of methoxy groups -OCH3 is 3. The minimum Gasteiger partial charge on any atom is -0.497 e. The number of rotatable bonds is 7. The summed E-state index contributed by atoms with van der Waals surface area (Å²) in [6, 6.07) is 17.8. The van der Waals surface area contributed by atoms with Gasteiger partial charge in [-0.1, -0.05) is 6.07 Å². The molecule has 0 N–H and O–H groups in total. The number of hydrogen-bond acceptors (Lipinski definition) is 6. The maximum absolute atomic E-state index is 13.7. The van der Waals surface area contributed by atoms with Crippen LogP contribution in [0.2, 0.25) is 0 Å². The second-order valence-electron chi connectivity index (χ2n) is 9.45. The summed E-state index contributed by atoms with van der Waals surface area (Å²) in [5, 5.41) is 0. The first-order valence-electron chi connectivity index (χ1n) is 12.8. The molecule has 0 atom stereocenters. The fraction of sp³-hybridized carbons (Fsp3) is 0.300. The zero-order valence-electron chi connectivity index (χ0n) is 22.3. The lowest BCUT2D eigenvalue weighted by atomic mass is 10.0. The summed E-state index contributed by atoms with van der Waals surface area (Å²) in [5.41, 5.74) is 3.02. The Morgan fingerprint density at radius 2 is 1.46 bits per heavy atom. The standard InChI is InChI=1S/C30H31N3O6/c1-37-23-13-14-26-25(17-23)30(36)32(22-10-8-21(9-11-22)31-15-5-4-6-28(31)34)19-33(26)29(35)16-20-7-12-24(38-2)18-27(20)39-3/h7-14,17-18H,4-6,15-16,19H2,1-3H3. The van der Waals surface area contributed by atoms with Crippen molar-refractivity contribution in [1.29, 1.82) is 0 Å². The van der Waals surface area contributed by atoms with E-state index < -0.39 is 0 Å². The average Bonchev–Trinajstić information content (AvgIpc) is 2.97. The number of fused-ring (bicyclic) bond motifs is 1. The van der Waals surface area contributed by atoms with Gasteiger partial charge in [-0.2, -0.15) is 0 Å². The highest BCUT2D eigenvalue weighted by atomic mass is 16.5. The van der Waals surface area contributed by atoms with Crippen LogP contribution < -0.4 is 28.9 Å². The Hall–Kier alpha value is -4.53. The molecule has 39 heavy (non-hydrogen) atoms. The second kappa shape index (κ2) is 11.1. The van der Waals surface area contributed by atoms with Crippen molar-refractivity contribution in [3.63, 3.8) is 0 Å². The van der Waals surface area contributed by atoms with Crippen molar-refractivity contribution in [3.8, 4) is 17.2 Å². The molecule has 0 bridgehead atoms. The number of piperidine rings is 1. The predicted octanol–water partition coefficient (Wildman–Crippen LogP) is 4.42. The van der Waals surface area contributed by atoms with Crippen molar-refractivity contribution in [3.05, 3.63) is 71.8 Å². The molecule has 3 aromatic carbocycles. The van der Waals surface area contributed by atoms with E-state index in [0.717, 1.165) is 18.5 Å². The van der Waals surface area contributed by atoms with Crippen LogP contribution in [0.25, 0.3) is 0 Å². The molecule has 0 aromatic heterocycles. The molecule has 9 heteroatoms. The Morgan fingerprint density at radius 1 is 0.795 bits per heavy atom. The van der Waals surface area contributed by atoms with E-state index in [9.17, 15) is 14.4 Å². The molecule has 2 aliphatic rings. The van der Waals surface area contributed by atoms with E-state index in [2.05, 4.69) is 0 Å². The third-order valence-electron chi connectivity index (χ3n) is 7.19. The molecule has 0 aliphatic carbocycles. The monoisotopic (exact) mass is 529 g/mol. The van der Waals surface area contributed by atoms with Crippen LogP contribution in [0.5, 0.6) is 17.2 Å². The molecule has 5 rings (SSSR count). The summed E-state index contributed by atoms with van der Waals surface area (Å²) in [7, 11) is 4.65. The smallest absolute Gasteiger partial charge is 0.262 e. The molecule has 0 unspecified atom stereocenters. The van der Waals surface area contributed by atoms with E-state index in [1.165, 1.54) is 7.11 Å². The van der Waals surface area contributed by atoms with E-state index in [1.54, 1.807) is 65.3 Å². The van der Waals surface area contributed by atoms with Crippen LogP contribution >= 0.6 is 0 Å². The maximum atomic E-state index is 13.7. The molecule has 1 saturated heterocycles. The van der Waals surface area contributed by atoms with E-state index in [1.807, 2.05) is 24.3 Å². The van der Waals surface area contributed by atoms with Crippen molar-refractivity contribution >= 4 is 34.8 Å². The highest BCUT2D eigenvalue weighted by molar-refractivity contribution is 6.15. The molecule has 202 valence electrons. The number of anilines is 3. The molecule has 9 nitrogen and oxygen atoms in total. The number of carbonyl (C=O) groups excluding carboxylic acids is 3. The largest absolute Gasteiger partial charge is 0.497 e. The lowest BCUT2D eigenvalue weighted by Crippen LogP contribution is -2.50. The molecule has 2 heterocycles. The van der Waals surface area contributed by atoms with Crippen molar-refractivity contribution in [2.24, 2.45) is 0 Å². The summed E-state index contributed by atoms with van der Waals surface area (Å²) in [6.07, 6.45) is 2.48. The Kier molecular flexibility index (Phi) is 7.40. The Morgan fingerprint density at radius 3 is 2.13 bits per heavy atom. The van der Waals surface area contributed by atoms with Crippen molar-refractivity contribution in [2.45, 2.75) is 25.7 Å². The Labute approximate surface area is 227 Å². The van der Waals surface area contributed by atoms with Crippen LogP contribution in [0, 0.1) is 0 Å². The lowest BCUT2D eigenvalue weighted by molar-refractivity contribution is -0.119. The molecule has 0 saturated carbocycles. The first kappa shape index (κ1) is 26.1. The molecule has 1 fully saturated rings. The van der Waals surface area contributed by atoms with E-state index in [-0.39, 0.29) is 30.8 Å². The van der Waals surface area contributed by atoms with Crippen LogP contribution in [0.1, 0.15) is 35.2 Å². The number of amides is 3. The number of nitrogens with zero attached hydrogens (tertiary/aromatic N) is 3. The molecular weight excluding hydrogens is 498 g/mol. The van der Waals surface area contributed by atoms with Gasteiger partial charge in [0.05, 0.1) is 39.0 Å². The zero-order valence-corrected chi connectivity index (χ0v) is 22.3. The van der Waals surface area contributed by atoms with Gasteiger partial charge in [0.1, 0.15) is 23.9 Å². The van der Waals surface area contributed by atoms with Gasteiger partial charge >= 0.3 is 0 Å². The maximum Gasteiger partial charge on any atom is 0.262 e. The third kappa shape index (κ3) is 5.12. The fourth-order valence-electron chi connectivity index (χ4n) is 5.04. The van der Waals surface area contributed by atoms with Crippen molar-refractivity contribution in [2.75, 3.05) is 49.2 Å². The summed E-state index contributed by atoms with van der Waals surface area (Å²) in [6.45, 7) is 0.725. The first-order chi connectivity index (χ1) is 18.9. The van der Waals surface area contributed by atoms with Gasteiger partial charge < -0.3 is 19.1 Å². The Balaban J connectivity index is 1.46. The quantitative estimate of drug-likeness (QED) is 0.450. The second-order valence-corrected chi connectivity index (χ2v) is 9.45. The van der Waals surface area contributed by atoms with Crippen LogP contribution in [0.4, 0.5) is 17.1 Å². The van der Waals surface area contributed by atoms with Crippen molar-refractivity contribution < 1.29 is 28.6 Å². The lowest BCUT2D eigenvalue weighted by Gasteiger charge is -2.37. The fourth-order valence-corrected chi connectivity index (χ4v) is 5.04. The van der Waals surface area contributed by atoms with Crippen LogP contribution in [-0.2, 0) is 16.0 Å². The first-order valence-corrected chi connectivity index (χ1v) is 12.8. The van der Waals surface area contributed by atoms with Crippen molar-refractivity contribution in [1.82, 2.24) is 0 Å². The molecule has 3 amide bonds. The normalized spacial score (nSPS) is 15.2. The third-order valence-corrected chi connectivity index (χ3v) is 7.19. The molecule has 3 aromatic rings.